The Balaban J connectivity index is 1.41. The molecule has 0 N–H and O–H groups in total. The first-order valence-corrected chi connectivity index (χ1v) is 9.60. The van der Waals surface area contributed by atoms with Gasteiger partial charge in [0.15, 0.2) is 11.5 Å². The van der Waals surface area contributed by atoms with Gasteiger partial charge in [-0.05, 0) is 49.2 Å². The summed E-state index contributed by atoms with van der Waals surface area (Å²) in [6, 6.07) is 17.2. The van der Waals surface area contributed by atoms with Crippen molar-refractivity contribution >= 4 is 0 Å². The fraction of sp³-hybridized carbons (Fsp3) is 0.318. The van der Waals surface area contributed by atoms with Crippen LogP contribution >= 0.6 is 0 Å². The number of benzene rings is 2. The van der Waals surface area contributed by atoms with Crippen LogP contribution in [0, 0.1) is 0 Å². The Morgan fingerprint density at radius 2 is 1.96 bits per heavy atom. The summed E-state index contributed by atoms with van der Waals surface area (Å²) in [6.45, 7) is 3.28. The van der Waals surface area contributed by atoms with Crippen LogP contribution in [0.5, 0.6) is 11.5 Å². The van der Waals surface area contributed by atoms with Crippen molar-refractivity contribution < 1.29 is 9.47 Å². The lowest BCUT2D eigenvalue weighted by atomic mass is 10.0. The van der Waals surface area contributed by atoms with Crippen LogP contribution in [0.2, 0.25) is 0 Å². The summed E-state index contributed by atoms with van der Waals surface area (Å²) >= 11 is 0. The standard InChI is InChI=1S/C22H23N3O2/c1-5-17(15-18(6-1)25-12-4-10-23-25)16-24-11-3-8-20(24)19-7-2-9-21-22(19)27-14-13-26-21/h1-2,4-7,9-10,12,15,20H,3,8,11,13-14,16H2/t20-/m0/s1. The summed E-state index contributed by atoms with van der Waals surface area (Å²) in [4.78, 5) is 2.55. The fourth-order valence-corrected chi connectivity index (χ4v) is 4.18. The topological polar surface area (TPSA) is 39.5 Å². The number of likely N-dealkylation sites (tertiary alicyclic amines) is 1. The smallest absolute Gasteiger partial charge is 0.166 e. The van der Waals surface area contributed by atoms with Crippen molar-refractivity contribution in [1.82, 2.24) is 14.7 Å². The van der Waals surface area contributed by atoms with E-state index in [1.54, 1.807) is 0 Å². The van der Waals surface area contributed by atoms with Crippen molar-refractivity contribution in [3.05, 3.63) is 72.1 Å². The molecule has 1 atom stereocenters. The van der Waals surface area contributed by atoms with E-state index in [1.807, 2.05) is 29.2 Å². The van der Waals surface area contributed by atoms with Crippen LogP contribution in [-0.4, -0.2) is 34.4 Å². The molecule has 0 spiro atoms. The summed E-state index contributed by atoms with van der Waals surface area (Å²) < 4.78 is 13.7. The van der Waals surface area contributed by atoms with Gasteiger partial charge in [-0.2, -0.15) is 5.10 Å². The van der Waals surface area contributed by atoms with Crippen molar-refractivity contribution in [1.29, 1.82) is 0 Å². The number of hydrogen-bond donors (Lipinski definition) is 0. The van der Waals surface area contributed by atoms with Crippen LogP contribution in [-0.2, 0) is 6.54 Å². The molecule has 1 aromatic heterocycles. The molecule has 0 bridgehead atoms. The number of para-hydroxylation sites is 1. The maximum Gasteiger partial charge on any atom is 0.166 e. The maximum absolute atomic E-state index is 5.97. The molecule has 0 saturated carbocycles. The van der Waals surface area contributed by atoms with Gasteiger partial charge in [0.2, 0.25) is 0 Å². The zero-order valence-corrected chi connectivity index (χ0v) is 15.3. The molecule has 2 aliphatic rings. The molecule has 0 aliphatic carbocycles. The van der Waals surface area contributed by atoms with Crippen LogP contribution in [0.3, 0.4) is 0 Å². The van der Waals surface area contributed by atoms with Crippen LogP contribution in [0.25, 0.3) is 5.69 Å². The first kappa shape index (κ1) is 16.4. The minimum absolute atomic E-state index is 0.370. The summed E-state index contributed by atoms with van der Waals surface area (Å²) in [5, 5.41) is 4.34. The second-order valence-corrected chi connectivity index (χ2v) is 7.12. The van der Waals surface area contributed by atoms with Gasteiger partial charge >= 0.3 is 0 Å². The van der Waals surface area contributed by atoms with E-state index < -0.39 is 0 Å². The minimum Gasteiger partial charge on any atom is -0.486 e. The lowest BCUT2D eigenvalue weighted by Crippen LogP contribution is -2.24. The molecule has 2 aromatic carbocycles. The highest BCUT2D eigenvalue weighted by Gasteiger charge is 2.30. The Morgan fingerprint density at radius 3 is 2.89 bits per heavy atom. The van der Waals surface area contributed by atoms with E-state index in [-0.39, 0.29) is 0 Å². The molecule has 5 nitrogen and oxygen atoms in total. The van der Waals surface area contributed by atoms with Gasteiger partial charge in [0.05, 0.1) is 5.69 Å². The average Bonchev–Trinajstić information content (AvgIpc) is 3.40. The fourth-order valence-electron chi connectivity index (χ4n) is 4.18. The quantitative estimate of drug-likeness (QED) is 0.705. The summed E-state index contributed by atoms with van der Waals surface area (Å²) in [5.41, 5.74) is 3.66. The molecule has 5 heteroatoms. The molecule has 138 valence electrons. The van der Waals surface area contributed by atoms with Gasteiger partial charge in [-0.25, -0.2) is 4.68 Å². The Bertz CT molecular complexity index is 923. The molecule has 3 aromatic rings. The third kappa shape index (κ3) is 3.19. The second-order valence-electron chi connectivity index (χ2n) is 7.12. The molecular weight excluding hydrogens is 338 g/mol. The van der Waals surface area contributed by atoms with E-state index >= 15 is 0 Å². The van der Waals surface area contributed by atoms with Gasteiger partial charge in [0, 0.05) is 30.5 Å². The SMILES string of the molecule is c1cc(CN2CCC[C@H]2c2cccc3c2OCCO3)cc(-n2cccn2)c1. The van der Waals surface area contributed by atoms with Crippen molar-refractivity contribution in [3.8, 4) is 17.2 Å². The molecule has 3 heterocycles. The molecular formula is C22H23N3O2. The number of nitrogens with zero attached hydrogens (tertiary/aromatic N) is 3. The molecule has 5 rings (SSSR count). The highest BCUT2D eigenvalue weighted by Crippen LogP contribution is 2.43. The second kappa shape index (κ2) is 7.08. The number of aromatic nitrogens is 2. The van der Waals surface area contributed by atoms with Crippen LogP contribution in [0.1, 0.15) is 30.0 Å². The van der Waals surface area contributed by atoms with E-state index in [1.165, 1.54) is 17.5 Å². The Hall–Kier alpha value is -2.79. The van der Waals surface area contributed by atoms with Gasteiger partial charge in [0.1, 0.15) is 13.2 Å². The van der Waals surface area contributed by atoms with Crippen LogP contribution in [0.4, 0.5) is 0 Å². The van der Waals surface area contributed by atoms with Crippen molar-refractivity contribution in [3.63, 3.8) is 0 Å². The van der Waals surface area contributed by atoms with E-state index in [0.29, 0.717) is 19.3 Å². The lowest BCUT2D eigenvalue weighted by Gasteiger charge is -2.29. The molecule has 0 amide bonds. The predicted octanol–water partition coefficient (Wildman–Crippen LogP) is 3.98. The monoisotopic (exact) mass is 361 g/mol. The van der Waals surface area contributed by atoms with Crippen molar-refractivity contribution in [2.45, 2.75) is 25.4 Å². The van der Waals surface area contributed by atoms with E-state index in [9.17, 15) is 0 Å². The van der Waals surface area contributed by atoms with Crippen molar-refractivity contribution in [2.24, 2.45) is 0 Å². The van der Waals surface area contributed by atoms with E-state index in [4.69, 9.17) is 9.47 Å². The lowest BCUT2D eigenvalue weighted by molar-refractivity contribution is 0.163. The molecule has 1 saturated heterocycles. The highest BCUT2D eigenvalue weighted by molar-refractivity contribution is 5.49. The van der Waals surface area contributed by atoms with Gasteiger partial charge in [0.25, 0.3) is 0 Å². The van der Waals surface area contributed by atoms with Crippen LogP contribution in [0.15, 0.2) is 60.9 Å². The number of ether oxygens (including phenoxy) is 2. The average molecular weight is 361 g/mol. The van der Waals surface area contributed by atoms with Gasteiger partial charge in [-0.3, -0.25) is 4.90 Å². The Labute approximate surface area is 159 Å². The molecule has 0 unspecified atom stereocenters. The summed E-state index contributed by atoms with van der Waals surface area (Å²) in [5.74, 6) is 1.82. The summed E-state index contributed by atoms with van der Waals surface area (Å²) in [7, 11) is 0. The zero-order chi connectivity index (χ0) is 18.1. The van der Waals surface area contributed by atoms with Gasteiger partial charge < -0.3 is 9.47 Å². The Kier molecular flexibility index (Phi) is 4.30. The third-order valence-electron chi connectivity index (χ3n) is 5.38. The number of fused-ring (bicyclic) bond motifs is 1. The minimum atomic E-state index is 0.370. The van der Waals surface area contributed by atoms with Gasteiger partial charge in [-0.1, -0.05) is 24.3 Å². The normalized spacial score (nSPS) is 19.3. The third-order valence-corrected chi connectivity index (χ3v) is 5.38. The molecule has 27 heavy (non-hydrogen) atoms. The predicted molar refractivity (Wildman–Crippen MR) is 103 cm³/mol. The first-order chi connectivity index (χ1) is 13.4. The highest BCUT2D eigenvalue weighted by atomic mass is 16.6. The molecule has 2 aliphatic heterocycles. The van der Waals surface area contributed by atoms with Gasteiger partial charge in [-0.15, -0.1) is 0 Å². The van der Waals surface area contributed by atoms with Crippen LogP contribution < -0.4 is 9.47 Å². The summed E-state index contributed by atoms with van der Waals surface area (Å²) in [6.07, 6.45) is 6.14. The number of rotatable bonds is 4. The maximum atomic E-state index is 5.97. The van der Waals surface area contributed by atoms with E-state index in [2.05, 4.69) is 46.4 Å². The largest absolute Gasteiger partial charge is 0.486 e. The van der Waals surface area contributed by atoms with Crippen molar-refractivity contribution in [2.75, 3.05) is 19.8 Å². The Morgan fingerprint density at radius 1 is 1.04 bits per heavy atom. The zero-order valence-electron chi connectivity index (χ0n) is 15.3. The molecule has 0 radical (unpaired) electrons. The first-order valence-electron chi connectivity index (χ1n) is 9.60. The van der Waals surface area contributed by atoms with E-state index in [0.717, 1.165) is 36.7 Å². The number of hydrogen-bond acceptors (Lipinski definition) is 4. The molecule has 1 fully saturated rings.